The van der Waals surface area contributed by atoms with E-state index in [-0.39, 0.29) is 30.0 Å². The van der Waals surface area contributed by atoms with E-state index in [4.69, 9.17) is 13.9 Å². The van der Waals surface area contributed by atoms with Gasteiger partial charge in [-0.25, -0.2) is 4.79 Å². The monoisotopic (exact) mass is 787 g/mol. The molecule has 2 rings (SSSR count). The Hall–Kier alpha value is -5.32. The standard InChI is InChI=1S/C39H57N5O12/c1-12-20(2)32(40-23(5)45)36(52)42-26(15-16-30(48)56-39(9,10)11)34(50)44-33(22(4)55-38(6,7)8)37(53)43-27(19-29(46)47)35(51)41-24-13-14-25-21(3)17-31(49)54-28(25)18-24/h13-14,17-18,20,22,26-27,32-33H,12,15-16,19H2,1-11H3,(H,40,45)(H,41,51)(H,42,52)(H,43,53)(H,44,50)(H,46,47)/t20-,22+,26-,27+,32-,33-/m0/s1. The zero-order chi connectivity index (χ0) is 42.7. The summed E-state index contributed by atoms with van der Waals surface area (Å²) in [4.78, 5) is 104. The summed E-state index contributed by atoms with van der Waals surface area (Å²) in [6.45, 7) is 18.1. The Morgan fingerprint density at radius 3 is 1.96 bits per heavy atom. The quantitative estimate of drug-likeness (QED) is 0.0943. The van der Waals surface area contributed by atoms with Gasteiger partial charge in [-0.3, -0.25) is 33.6 Å². The van der Waals surface area contributed by atoms with Gasteiger partial charge >= 0.3 is 17.6 Å². The van der Waals surface area contributed by atoms with Crippen molar-refractivity contribution in [1.82, 2.24) is 21.3 Å². The molecule has 0 aliphatic heterocycles. The lowest BCUT2D eigenvalue weighted by Crippen LogP contribution is -2.61. The van der Waals surface area contributed by atoms with Gasteiger partial charge < -0.3 is 45.6 Å². The van der Waals surface area contributed by atoms with E-state index in [0.29, 0.717) is 17.4 Å². The maximum absolute atomic E-state index is 14.0. The number of aryl methyl sites for hydroxylation is 1. The van der Waals surface area contributed by atoms with Crippen molar-refractivity contribution >= 4 is 58.1 Å². The molecule has 0 radical (unpaired) electrons. The average Bonchev–Trinajstić information content (AvgIpc) is 3.04. The molecule has 0 spiro atoms. The van der Waals surface area contributed by atoms with Crippen LogP contribution >= 0.6 is 0 Å². The lowest BCUT2D eigenvalue weighted by atomic mass is 9.97. The van der Waals surface area contributed by atoms with Crippen LogP contribution in [0.4, 0.5) is 5.69 Å². The molecule has 0 bridgehead atoms. The molecule has 1 heterocycles. The number of amides is 5. The molecule has 17 nitrogen and oxygen atoms in total. The molecule has 5 amide bonds. The van der Waals surface area contributed by atoms with Crippen LogP contribution in [0.1, 0.15) is 100 Å². The first-order chi connectivity index (χ1) is 25.8. The molecule has 1 aromatic heterocycles. The third-order valence-corrected chi connectivity index (χ3v) is 8.36. The van der Waals surface area contributed by atoms with Crippen molar-refractivity contribution < 1.29 is 52.6 Å². The number of nitrogens with one attached hydrogen (secondary N) is 5. The van der Waals surface area contributed by atoms with Crippen LogP contribution in [0.15, 0.2) is 33.5 Å². The van der Waals surface area contributed by atoms with Crippen LogP contribution in [0, 0.1) is 12.8 Å². The Kier molecular flexibility index (Phi) is 16.7. The molecule has 6 N–H and O–H groups in total. The number of carbonyl (C=O) groups excluding carboxylic acids is 6. The second-order valence-electron chi connectivity index (χ2n) is 15.8. The maximum atomic E-state index is 14.0. The van der Waals surface area contributed by atoms with Crippen molar-refractivity contribution in [3.8, 4) is 0 Å². The molecule has 0 fully saturated rings. The predicted molar refractivity (Wildman–Crippen MR) is 206 cm³/mol. The number of anilines is 1. The van der Waals surface area contributed by atoms with Crippen LogP contribution < -0.4 is 32.2 Å². The number of ether oxygens (including phenoxy) is 2. The third-order valence-electron chi connectivity index (χ3n) is 8.36. The topological polar surface area (TPSA) is 249 Å². The summed E-state index contributed by atoms with van der Waals surface area (Å²) < 4.78 is 16.6. The van der Waals surface area contributed by atoms with Gasteiger partial charge in [0, 0.05) is 36.6 Å². The lowest BCUT2D eigenvalue weighted by Gasteiger charge is -2.33. The number of carbonyl (C=O) groups is 7. The number of hydrogen-bond acceptors (Lipinski definition) is 11. The largest absolute Gasteiger partial charge is 0.481 e. The zero-order valence-corrected chi connectivity index (χ0v) is 34.0. The highest BCUT2D eigenvalue weighted by molar-refractivity contribution is 6.01. The van der Waals surface area contributed by atoms with Gasteiger partial charge in [0.1, 0.15) is 35.4 Å². The highest BCUT2D eigenvalue weighted by atomic mass is 16.6. The number of esters is 1. The smallest absolute Gasteiger partial charge is 0.336 e. The normalized spacial score (nSPS) is 14.9. The fourth-order valence-corrected chi connectivity index (χ4v) is 5.66. The minimum absolute atomic E-state index is 0.147. The lowest BCUT2D eigenvalue weighted by molar-refractivity contribution is -0.155. The van der Waals surface area contributed by atoms with Gasteiger partial charge in [0.15, 0.2) is 0 Å². The van der Waals surface area contributed by atoms with Crippen LogP contribution in [0.5, 0.6) is 0 Å². The van der Waals surface area contributed by atoms with Gasteiger partial charge in [0.05, 0.1) is 18.1 Å². The van der Waals surface area contributed by atoms with E-state index in [1.165, 1.54) is 32.0 Å². The van der Waals surface area contributed by atoms with Crippen LogP contribution in [-0.4, -0.2) is 88.1 Å². The molecule has 17 heteroatoms. The van der Waals surface area contributed by atoms with Gasteiger partial charge in [-0.2, -0.15) is 0 Å². The molecule has 6 atom stereocenters. The predicted octanol–water partition coefficient (Wildman–Crippen LogP) is 2.85. The Morgan fingerprint density at radius 1 is 0.804 bits per heavy atom. The van der Waals surface area contributed by atoms with Gasteiger partial charge in [0.25, 0.3) is 0 Å². The number of aliphatic carboxylic acids is 1. The second kappa shape index (κ2) is 20.0. The maximum Gasteiger partial charge on any atom is 0.336 e. The molecule has 0 saturated heterocycles. The minimum Gasteiger partial charge on any atom is -0.481 e. The highest BCUT2D eigenvalue weighted by Gasteiger charge is 2.37. The number of fused-ring (bicyclic) bond motifs is 1. The van der Waals surface area contributed by atoms with Crippen molar-refractivity contribution in [2.45, 2.75) is 143 Å². The SMILES string of the molecule is CC[C@H](C)[C@H](NC(C)=O)C(=O)N[C@@H](CCC(=O)OC(C)(C)C)C(=O)N[C@H](C(=O)N[C@H](CC(=O)O)C(=O)Nc1ccc2c(C)cc(=O)oc2c1)[C@@H](C)OC(C)(C)C. The summed E-state index contributed by atoms with van der Waals surface area (Å²) in [7, 11) is 0. The molecule has 0 unspecified atom stereocenters. The fraction of sp³-hybridized carbons (Fsp3) is 0.590. The van der Waals surface area contributed by atoms with E-state index in [9.17, 15) is 43.5 Å². The summed E-state index contributed by atoms with van der Waals surface area (Å²) >= 11 is 0. The second-order valence-corrected chi connectivity index (χ2v) is 15.8. The van der Waals surface area contributed by atoms with Crippen molar-refractivity contribution in [2.75, 3.05) is 5.32 Å². The first-order valence-electron chi connectivity index (χ1n) is 18.4. The Bertz CT molecular complexity index is 1830. The van der Waals surface area contributed by atoms with Crippen LogP contribution in [0.25, 0.3) is 11.0 Å². The first kappa shape index (κ1) is 46.8. The van der Waals surface area contributed by atoms with Crippen molar-refractivity contribution in [1.29, 1.82) is 0 Å². The zero-order valence-electron chi connectivity index (χ0n) is 34.0. The molecule has 0 aliphatic carbocycles. The van der Waals surface area contributed by atoms with Gasteiger partial charge in [-0.1, -0.05) is 20.3 Å². The molecule has 2 aromatic rings. The molecular weight excluding hydrogens is 730 g/mol. The van der Waals surface area contributed by atoms with E-state index in [2.05, 4.69) is 26.6 Å². The molecule has 310 valence electrons. The molecule has 1 aromatic carbocycles. The minimum atomic E-state index is -1.67. The summed E-state index contributed by atoms with van der Waals surface area (Å²) in [6, 6.07) is 0.112. The summed E-state index contributed by atoms with van der Waals surface area (Å²) in [5.41, 5.74) is -1.34. The van der Waals surface area contributed by atoms with Crippen LogP contribution in [0.3, 0.4) is 0 Å². The van der Waals surface area contributed by atoms with E-state index in [1.54, 1.807) is 61.5 Å². The van der Waals surface area contributed by atoms with Crippen molar-refractivity contribution in [3.05, 3.63) is 40.2 Å². The van der Waals surface area contributed by atoms with Crippen LogP contribution in [-0.2, 0) is 43.0 Å². The third kappa shape index (κ3) is 15.4. The van der Waals surface area contributed by atoms with Crippen LogP contribution in [0.2, 0.25) is 0 Å². The Balaban J connectivity index is 2.47. The van der Waals surface area contributed by atoms with Gasteiger partial charge in [0.2, 0.25) is 29.5 Å². The van der Waals surface area contributed by atoms with Crippen molar-refractivity contribution in [3.63, 3.8) is 0 Å². The van der Waals surface area contributed by atoms with E-state index < -0.39 is 95.0 Å². The highest BCUT2D eigenvalue weighted by Crippen LogP contribution is 2.21. The van der Waals surface area contributed by atoms with Crippen molar-refractivity contribution in [2.24, 2.45) is 5.92 Å². The summed E-state index contributed by atoms with van der Waals surface area (Å²) in [5.74, 6) is -6.45. The average molecular weight is 788 g/mol. The number of benzene rings is 1. The van der Waals surface area contributed by atoms with E-state index >= 15 is 0 Å². The number of carboxylic acids is 1. The van der Waals surface area contributed by atoms with E-state index in [1.807, 2.05) is 6.92 Å². The summed E-state index contributed by atoms with van der Waals surface area (Å²) in [6.07, 6.45) is -2.03. The number of carboxylic acid groups (broad SMARTS) is 1. The molecule has 0 saturated carbocycles. The fourth-order valence-electron chi connectivity index (χ4n) is 5.66. The summed E-state index contributed by atoms with van der Waals surface area (Å²) in [5, 5.41) is 23.0. The molecule has 56 heavy (non-hydrogen) atoms. The Labute approximate surface area is 326 Å². The molecule has 0 aliphatic rings. The van der Waals surface area contributed by atoms with E-state index in [0.717, 1.165) is 0 Å². The van der Waals surface area contributed by atoms with Gasteiger partial charge in [-0.15, -0.1) is 0 Å². The molecular formula is C39H57N5O12. The van der Waals surface area contributed by atoms with Gasteiger partial charge in [-0.05, 0) is 85.4 Å². The Morgan fingerprint density at radius 2 is 1.41 bits per heavy atom. The number of rotatable bonds is 18. The first-order valence-corrected chi connectivity index (χ1v) is 18.4. The number of hydrogen-bond donors (Lipinski definition) is 6.